The van der Waals surface area contributed by atoms with Crippen molar-refractivity contribution in [2.45, 2.75) is 102 Å². The molecule has 2 rings (SSSR count). The van der Waals surface area contributed by atoms with E-state index in [1.54, 1.807) is 0 Å². The van der Waals surface area contributed by atoms with E-state index in [2.05, 4.69) is 110 Å². The van der Waals surface area contributed by atoms with Gasteiger partial charge in [0.25, 0.3) is 0 Å². The van der Waals surface area contributed by atoms with Gasteiger partial charge in [0, 0.05) is 0 Å². The van der Waals surface area contributed by atoms with Crippen LogP contribution >= 0.6 is 0 Å². The van der Waals surface area contributed by atoms with E-state index >= 15 is 0 Å². The van der Waals surface area contributed by atoms with Crippen molar-refractivity contribution in [1.29, 1.82) is 0 Å². The van der Waals surface area contributed by atoms with Gasteiger partial charge in [-0.05, 0) is 0 Å². The first kappa shape index (κ1) is 27.7. The Bertz CT molecular complexity index is 942. The van der Waals surface area contributed by atoms with Crippen LogP contribution in [0.25, 0.3) is 0 Å². The second kappa shape index (κ2) is 12.2. The molecule has 0 bridgehead atoms. The predicted molar refractivity (Wildman–Crippen MR) is 146 cm³/mol. The SMILES string of the molecule is CC(=Nc1c(C(C)C)cccc1C(C)C)C([CH2][Pd]([CH3])[CH3])=Nc1c(C(C)C)cccc1C(C)C. The van der Waals surface area contributed by atoms with Crippen molar-refractivity contribution in [3.8, 4) is 0 Å². The maximum absolute atomic E-state index is 5.40. The maximum atomic E-state index is 5.40. The Kier molecular flexibility index (Phi) is 10.3. The molecule has 0 saturated carbocycles. The van der Waals surface area contributed by atoms with Crippen molar-refractivity contribution in [3.63, 3.8) is 0 Å². The molecule has 0 amide bonds. The summed E-state index contributed by atoms with van der Waals surface area (Å²) in [5.41, 5.74) is 9.85. The summed E-state index contributed by atoms with van der Waals surface area (Å²) < 4.78 is 0. The van der Waals surface area contributed by atoms with Gasteiger partial charge in [0.1, 0.15) is 0 Å². The van der Waals surface area contributed by atoms with Crippen LogP contribution in [0.4, 0.5) is 11.4 Å². The molecule has 185 valence electrons. The Balaban J connectivity index is 2.77. The monoisotopic (exact) mass is 539 g/mol. The van der Waals surface area contributed by atoms with Crippen LogP contribution in [0.2, 0.25) is 15.7 Å². The van der Waals surface area contributed by atoms with Crippen molar-refractivity contribution in [2.75, 3.05) is 0 Å². The predicted octanol–water partition coefficient (Wildman–Crippen LogP) is 10.2. The standard InChI is InChI=1S/C28H39N2.2CH3.Pd/c1-17(2)23-13-11-14-24(18(3)4)27(23)29-21(9)22(10)30-28-25(19(5)6)15-12-16-26(28)20(7)8;;;/h11-20H,9H2,1-8,10H3;2*1H3;. The van der Waals surface area contributed by atoms with Crippen LogP contribution in [0.3, 0.4) is 0 Å². The van der Waals surface area contributed by atoms with Crippen LogP contribution < -0.4 is 0 Å². The molecule has 0 unspecified atom stereocenters. The summed E-state index contributed by atoms with van der Waals surface area (Å²) in [5, 5.41) is 4.77. The first-order valence-electron chi connectivity index (χ1n) is 12.1. The van der Waals surface area contributed by atoms with Gasteiger partial charge in [0.15, 0.2) is 0 Å². The van der Waals surface area contributed by atoms with Gasteiger partial charge in [0.2, 0.25) is 0 Å². The quantitative estimate of drug-likeness (QED) is 0.224. The van der Waals surface area contributed by atoms with E-state index in [-0.39, 0.29) is 0 Å². The summed E-state index contributed by atoms with van der Waals surface area (Å²) in [4.78, 5) is 11.7. The third-order valence-corrected chi connectivity index (χ3v) is 7.58. The van der Waals surface area contributed by atoms with E-state index < -0.39 is 16.8 Å². The fraction of sp³-hybridized carbons (Fsp3) is 0.533. The zero-order valence-electron chi connectivity index (χ0n) is 22.7. The molecule has 0 saturated heterocycles. The third kappa shape index (κ3) is 7.21. The van der Waals surface area contributed by atoms with Gasteiger partial charge >= 0.3 is 210 Å². The summed E-state index contributed by atoms with van der Waals surface area (Å²) in [5.74, 6) is 1.74. The first-order valence-corrected chi connectivity index (χ1v) is 16.3. The third-order valence-electron chi connectivity index (χ3n) is 5.96. The zero-order chi connectivity index (χ0) is 24.9. The Morgan fingerprint density at radius 3 is 1.27 bits per heavy atom. The number of nitrogens with zero attached hydrogens (tertiary/aromatic N) is 2. The zero-order valence-corrected chi connectivity index (χ0v) is 24.2. The van der Waals surface area contributed by atoms with Crippen LogP contribution in [0.5, 0.6) is 0 Å². The number of rotatable bonds is 9. The number of hydrogen-bond acceptors (Lipinski definition) is 2. The Morgan fingerprint density at radius 1 is 0.636 bits per heavy atom. The van der Waals surface area contributed by atoms with Crippen LogP contribution in [-0.2, 0) is 16.8 Å². The summed E-state index contributed by atoms with van der Waals surface area (Å²) in [7, 11) is 0. The molecule has 2 aromatic carbocycles. The number of benzene rings is 2. The van der Waals surface area contributed by atoms with Gasteiger partial charge in [-0.3, -0.25) is 0 Å². The molecule has 0 aliphatic rings. The molecule has 0 aliphatic heterocycles. The Labute approximate surface area is 209 Å². The molecular weight excluding hydrogens is 495 g/mol. The van der Waals surface area contributed by atoms with Gasteiger partial charge in [-0.1, -0.05) is 0 Å². The molecule has 0 heterocycles. The second-order valence-electron chi connectivity index (χ2n) is 10.3. The molecule has 33 heavy (non-hydrogen) atoms. The van der Waals surface area contributed by atoms with E-state index in [1.165, 1.54) is 27.9 Å². The van der Waals surface area contributed by atoms with Gasteiger partial charge in [0.05, 0.1) is 0 Å². The van der Waals surface area contributed by atoms with Crippen LogP contribution in [-0.4, -0.2) is 11.4 Å². The van der Waals surface area contributed by atoms with Crippen molar-refractivity contribution >= 4 is 22.8 Å². The molecule has 0 aliphatic carbocycles. The Morgan fingerprint density at radius 2 is 0.970 bits per heavy atom. The summed E-state index contributed by atoms with van der Waals surface area (Å²) >= 11 is -0.666. The minimum absolute atomic E-state index is 0.433. The fourth-order valence-corrected chi connectivity index (χ4v) is 5.61. The summed E-state index contributed by atoms with van der Waals surface area (Å²) in [6.07, 6.45) is 0. The van der Waals surface area contributed by atoms with Crippen LogP contribution in [0.15, 0.2) is 46.4 Å². The fourth-order valence-electron chi connectivity index (χ4n) is 4.05. The number of aliphatic imine (C=N–C) groups is 2. The molecule has 2 nitrogen and oxygen atoms in total. The molecular formula is C30H45N2Pd. The molecule has 0 radical (unpaired) electrons. The molecule has 0 N–H and O–H groups in total. The molecule has 3 heteroatoms. The van der Waals surface area contributed by atoms with Crippen molar-refractivity contribution in [2.24, 2.45) is 9.98 Å². The minimum atomic E-state index is -0.666. The van der Waals surface area contributed by atoms with E-state index in [0.717, 1.165) is 22.0 Å². The number of hydrogen-bond donors (Lipinski definition) is 0. The van der Waals surface area contributed by atoms with E-state index in [9.17, 15) is 0 Å². The van der Waals surface area contributed by atoms with E-state index in [4.69, 9.17) is 9.98 Å². The Hall–Kier alpha value is -1.56. The van der Waals surface area contributed by atoms with Crippen molar-refractivity contribution in [1.82, 2.24) is 0 Å². The first-order chi connectivity index (χ1) is 15.4. The average Bonchev–Trinajstić information content (AvgIpc) is 2.72. The molecule has 0 spiro atoms. The second-order valence-corrected chi connectivity index (χ2v) is 14.6. The van der Waals surface area contributed by atoms with Crippen LogP contribution in [0, 0.1) is 0 Å². The van der Waals surface area contributed by atoms with E-state index in [0.29, 0.717) is 23.7 Å². The molecule has 0 aromatic heterocycles. The van der Waals surface area contributed by atoms with Gasteiger partial charge in [-0.2, -0.15) is 0 Å². The van der Waals surface area contributed by atoms with Gasteiger partial charge in [-0.25, -0.2) is 0 Å². The average molecular weight is 540 g/mol. The van der Waals surface area contributed by atoms with Crippen molar-refractivity contribution < 1.29 is 16.8 Å². The topological polar surface area (TPSA) is 24.7 Å². The van der Waals surface area contributed by atoms with Gasteiger partial charge < -0.3 is 0 Å². The van der Waals surface area contributed by atoms with E-state index in [1.807, 2.05) is 0 Å². The number of para-hydroxylation sites is 2. The molecule has 0 fully saturated rings. The van der Waals surface area contributed by atoms with Crippen molar-refractivity contribution in [3.05, 3.63) is 58.7 Å². The van der Waals surface area contributed by atoms with Crippen LogP contribution in [0.1, 0.15) is 108 Å². The summed E-state index contributed by atoms with van der Waals surface area (Å²) in [6, 6.07) is 13.3. The summed E-state index contributed by atoms with van der Waals surface area (Å²) in [6.45, 7) is 20.3. The molecule has 0 atom stereocenters. The normalized spacial score (nSPS) is 13.6. The molecule has 2 aromatic rings. The van der Waals surface area contributed by atoms with Gasteiger partial charge in [-0.15, -0.1) is 0 Å².